The zero-order valence-corrected chi connectivity index (χ0v) is 17.3. The van der Waals surface area contributed by atoms with Gasteiger partial charge in [0.1, 0.15) is 11.6 Å². The zero-order chi connectivity index (χ0) is 20.1. The van der Waals surface area contributed by atoms with Gasteiger partial charge in [-0.15, -0.1) is 11.8 Å². The number of amides is 1. The molecule has 4 nitrogen and oxygen atoms in total. The molecule has 0 saturated heterocycles. The molecule has 2 aromatic carbocycles. The molecule has 142 valence electrons. The fourth-order valence-corrected chi connectivity index (χ4v) is 3.88. The van der Waals surface area contributed by atoms with Gasteiger partial charge in [-0.2, -0.15) is 5.26 Å². The van der Waals surface area contributed by atoms with Crippen LogP contribution in [-0.4, -0.2) is 35.2 Å². The number of hydrogen-bond acceptors (Lipinski definition) is 3. The highest BCUT2D eigenvalue weighted by Crippen LogP contribution is 2.26. The lowest BCUT2D eigenvalue weighted by Gasteiger charge is -2.08. The third-order valence-electron chi connectivity index (χ3n) is 4.29. The number of carbonyl (C=O) groups excluding carboxylic acids is 1. The maximum Gasteiger partial charge on any atom is 0.264 e. The van der Waals surface area contributed by atoms with E-state index in [9.17, 15) is 10.1 Å². The van der Waals surface area contributed by atoms with Crippen molar-refractivity contribution in [2.24, 2.45) is 0 Å². The lowest BCUT2D eigenvalue weighted by molar-refractivity contribution is -0.124. The van der Waals surface area contributed by atoms with Crippen LogP contribution < -0.4 is 0 Å². The number of nitriles is 1. The van der Waals surface area contributed by atoms with Crippen molar-refractivity contribution in [1.29, 1.82) is 5.26 Å². The van der Waals surface area contributed by atoms with E-state index in [1.807, 2.05) is 54.7 Å². The van der Waals surface area contributed by atoms with Gasteiger partial charge in [0.25, 0.3) is 5.91 Å². The van der Waals surface area contributed by atoms with Gasteiger partial charge >= 0.3 is 0 Å². The molecule has 0 radical (unpaired) electrons. The quantitative estimate of drug-likeness (QED) is 0.324. The molecule has 6 heteroatoms. The van der Waals surface area contributed by atoms with Gasteiger partial charge in [-0.3, -0.25) is 4.79 Å². The number of thioether (sulfide) groups is 1. The van der Waals surface area contributed by atoms with Gasteiger partial charge in [0.05, 0.1) is 0 Å². The number of benzene rings is 2. The van der Waals surface area contributed by atoms with Crippen LogP contribution in [0.1, 0.15) is 5.56 Å². The number of nitrogens with zero attached hydrogens (tertiary/aromatic N) is 3. The number of rotatable bonds is 6. The van der Waals surface area contributed by atoms with Crippen LogP contribution in [0.2, 0.25) is 5.02 Å². The van der Waals surface area contributed by atoms with Crippen molar-refractivity contribution in [2.75, 3.05) is 19.8 Å². The molecule has 1 amide bonds. The topological polar surface area (TPSA) is 49.0 Å². The number of likely N-dealkylation sites (N-methyl/N-ethyl adjacent to an activating group) is 1. The molecule has 3 aromatic rings. The van der Waals surface area contributed by atoms with E-state index >= 15 is 0 Å². The number of fused-ring (bicyclic) bond motifs is 1. The molecule has 0 spiro atoms. The zero-order valence-electron chi connectivity index (χ0n) is 15.7. The van der Waals surface area contributed by atoms with E-state index < -0.39 is 0 Å². The van der Waals surface area contributed by atoms with Crippen molar-refractivity contribution in [3.63, 3.8) is 0 Å². The number of aromatic nitrogens is 1. The fourth-order valence-electron chi connectivity index (χ4n) is 2.91. The van der Waals surface area contributed by atoms with Crippen LogP contribution in [0.3, 0.4) is 0 Å². The molecule has 0 aliphatic heterocycles. The average Bonchev–Trinajstić information content (AvgIpc) is 3.05. The Balaban J connectivity index is 1.85. The predicted octanol–water partition coefficient (Wildman–Crippen LogP) is 5.08. The molecule has 3 rings (SSSR count). The van der Waals surface area contributed by atoms with Crippen molar-refractivity contribution in [3.8, 4) is 6.07 Å². The van der Waals surface area contributed by atoms with Gasteiger partial charge in [-0.25, -0.2) is 0 Å². The third kappa shape index (κ3) is 4.59. The molecule has 0 N–H and O–H groups in total. The summed E-state index contributed by atoms with van der Waals surface area (Å²) in [6.07, 6.45) is 3.68. The molecule has 0 aliphatic rings. The summed E-state index contributed by atoms with van der Waals surface area (Å²) < 4.78 is 2.17. The second kappa shape index (κ2) is 9.01. The Morgan fingerprint density at radius 1 is 1.21 bits per heavy atom. The van der Waals surface area contributed by atoms with Crippen molar-refractivity contribution >= 4 is 46.2 Å². The number of carbonyl (C=O) groups is 1. The van der Waals surface area contributed by atoms with Crippen molar-refractivity contribution in [2.45, 2.75) is 11.4 Å². The largest absolute Gasteiger partial charge is 0.346 e. The van der Waals surface area contributed by atoms with E-state index in [4.69, 9.17) is 11.6 Å². The highest BCUT2D eigenvalue weighted by atomic mass is 35.5. The van der Waals surface area contributed by atoms with Gasteiger partial charge in [0, 0.05) is 59.0 Å². The summed E-state index contributed by atoms with van der Waals surface area (Å²) in [6.45, 7) is 0.811. The van der Waals surface area contributed by atoms with E-state index in [2.05, 4.69) is 10.6 Å². The Morgan fingerprint density at radius 3 is 2.61 bits per heavy atom. The van der Waals surface area contributed by atoms with E-state index in [-0.39, 0.29) is 11.5 Å². The Kier molecular flexibility index (Phi) is 6.45. The maximum atomic E-state index is 12.2. The van der Waals surface area contributed by atoms with Gasteiger partial charge in [0.2, 0.25) is 0 Å². The third-order valence-corrected chi connectivity index (χ3v) is 5.54. The standard InChI is InChI=1S/C22H20ClN3OS/c1-25(2)22(27)16(14-24)13-17-15-26(21-6-4-3-5-20(17)21)11-12-28-19-9-7-18(23)8-10-19/h3-10,13,15H,11-12H2,1-2H3/b16-13-. The van der Waals surface area contributed by atoms with Crippen LogP contribution in [0.4, 0.5) is 0 Å². The maximum absolute atomic E-state index is 12.2. The number of aryl methyl sites for hydroxylation is 1. The summed E-state index contributed by atoms with van der Waals surface area (Å²) in [4.78, 5) is 14.8. The van der Waals surface area contributed by atoms with E-state index in [1.54, 1.807) is 31.9 Å². The Bertz CT molecular complexity index is 1060. The summed E-state index contributed by atoms with van der Waals surface area (Å²) in [5, 5.41) is 11.1. The highest BCUT2D eigenvalue weighted by molar-refractivity contribution is 7.99. The molecule has 1 aromatic heterocycles. The number of para-hydroxylation sites is 1. The highest BCUT2D eigenvalue weighted by Gasteiger charge is 2.13. The van der Waals surface area contributed by atoms with Crippen molar-refractivity contribution < 1.29 is 4.79 Å². The molecular formula is C22H20ClN3OS. The van der Waals surface area contributed by atoms with Gasteiger partial charge < -0.3 is 9.47 Å². The average molecular weight is 410 g/mol. The van der Waals surface area contributed by atoms with Crippen LogP contribution in [0.5, 0.6) is 0 Å². The molecular weight excluding hydrogens is 390 g/mol. The summed E-state index contributed by atoms with van der Waals surface area (Å²) in [5.74, 6) is 0.600. The first kappa shape index (κ1) is 20.1. The summed E-state index contributed by atoms with van der Waals surface area (Å²) in [5.41, 5.74) is 2.09. The molecule has 0 fully saturated rings. The van der Waals surface area contributed by atoms with Crippen molar-refractivity contribution in [3.05, 3.63) is 70.9 Å². The number of hydrogen-bond donors (Lipinski definition) is 0. The van der Waals surface area contributed by atoms with Crippen molar-refractivity contribution in [1.82, 2.24) is 9.47 Å². The second-order valence-electron chi connectivity index (χ2n) is 6.47. The van der Waals surface area contributed by atoms with E-state index in [0.29, 0.717) is 0 Å². The van der Waals surface area contributed by atoms with Crippen LogP contribution in [0.15, 0.2) is 65.2 Å². The minimum absolute atomic E-state index is 0.128. The second-order valence-corrected chi connectivity index (χ2v) is 8.07. The van der Waals surface area contributed by atoms with Gasteiger partial charge in [0.15, 0.2) is 0 Å². The fraction of sp³-hybridized carbons (Fsp3) is 0.182. The van der Waals surface area contributed by atoms with E-state index in [0.717, 1.165) is 33.8 Å². The number of halogens is 1. The summed E-state index contributed by atoms with van der Waals surface area (Å²) >= 11 is 7.70. The van der Waals surface area contributed by atoms with Crippen LogP contribution in [0.25, 0.3) is 17.0 Å². The first-order valence-electron chi connectivity index (χ1n) is 8.79. The minimum atomic E-state index is -0.294. The van der Waals surface area contributed by atoms with Crippen LogP contribution in [0, 0.1) is 11.3 Å². The molecule has 28 heavy (non-hydrogen) atoms. The minimum Gasteiger partial charge on any atom is -0.346 e. The first-order chi connectivity index (χ1) is 13.5. The smallest absolute Gasteiger partial charge is 0.264 e. The van der Waals surface area contributed by atoms with Crippen LogP contribution >= 0.6 is 23.4 Å². The molecule has 1 heterocycles. The Labute approximate surface area is 174 Å². The molecule has 0 saturated carbocycles. The SMILES string of the molecule is CN(C)C(=O)/C(C#N)=C\c1cn(CCSc2ccc(Cl)cc2)c2ccccc12. The monoisotopic (exact) mass is 409 g/mol. The van der Waals surface area contributed by atoms with Crippen LogP contribution in [-0.2, 0) is 11.3 Å². The Hall–Kier alpha value is -2.68. The lowest BCUT2D eigenvalue weighted by atomic mass is 10.1. The first-order valence-corrected chi connectivity index (χ1v) is 10.2. The summed E-state index contributed by atoms with van der Waals surface area (Å²) in [6, 6.07) is 17.9. The summed E-state index contributed by atoms with van der Waals surface area (Å²) in [7, 11) is 3.29. The van der Waals surface area contributed by atoms with Gasteiger partial charge in [-0.1, -0.05) is 29.8 Å². The Morgan fingerprint density at radius 2 is 1.93 bits per heavy atom. The van der Waals surface area contributed by atoms with Gasteiger partial charge in [-0.05, 0) is 36.4 Å². The lowest BCUT2D eigenvalue weighted by Crippen LogP contribution is -2.22. The molecule has 0 unspecified atom stereocenters. The molecule has 0 aliphatic carbocycles. The molecule has 0 atom stereocenters. The predicted molar refractivity (Wildman–Crippen MR) is 116 cm³/mol. The normalized spacial score (nSPS) is 11.4. The molecule has 0 bridgehead atoms. The van der Waals surface area contributed by atoms with E-state index in [1.165, 1.54) is 9.80 Å².